The van der Waals surface area contributed by atoms with Gasteiger partial charge in [-0.05, 0) is 99.8 Å². The van der Waals surface area contributed by atoms with Gasteiger partial charge >= 0.3 is 0 Å². The first-order chi connectivity index (χ1) is 15.7. The molecule has 0 atom stereocenters. The molecule has 2 aliphatic rings. The lowest BCUT2D eigenvalue weighted by atomic mass is 9.87. The Morgan fingerprint density at radius 3 is 2.48 bits per heavy atom. The molecule has 0 bridgehead atoms. The SMILES string of the molecule is CCCN1C(=O)/C(=C\c2cc3c(cc2C)N(CC)C(C)(C)C=C3C)SC1=Nc1ccccc1. The number of likely N-dealkylation sites (N-methyl/N-ethyl adjacent to an activating group) is 1. The fraction of sp³-hybridized carbons (Fsp3) is 0.357. The zero-order chi connectivity index (χ0) is 23.8. The number of amidine groups is 1. The van der Waals surface area contributed by atoms with E-state index >= 15 is 0 Å². The highest BCUT2D eigenvalue weighted by Crippen LogP contribution is 2.41. The summed E-state index contributed by atoms with van der Waals surface area (Å²) in [5, 5.41) is 0.755. The Kier molecular flexibility index (Phi) is 6.53. The number of hydrogen-bond donors (Lipinski definition) is 0. The number of amides is 1. The molecule has 2 heterocycles. The molecule has 33 heavy (non-hydrogen) atoms. The number of aliphatic imine (C=N–C) groups is 1. The minimum Gasteiger partial charge on any atom is -0.363 e. The number of thioether (sulfide) groups is 1. The van der Waals surface area contributed by atoms with Crippen LogP contribution in [0.4, 0.5) is 11.4 Å². The standard InChI is InChI=1S/C28H33N3OS/c1-7-14-30-26(32)25(33-27(30)29-22-12-10-9-11-13-22)17-21-16-23-20(4)18-28(5,6)31(8-2)24(23)15-19(21)3/h9-13,15-18H,7-8,14H2,1-6H3/b25-17+,29-27?. The smallest absolute Gasteiger partial charge is 0.266 e. The average molecular weight is 460 g/mol. The second-order valence-corrected chi connectivity index (χ2v) is 10.3. The molecule has 0 unspecified atom stereocenters. The van der Waals surface area contributed by atoms with Crippen molar-refractivity contribution in [3.8, 4) is 0 Å². The van der Waals surface area contributed by atoms with Crippen molar-refractivity contribution in [2.45, 2.75) is 53.5 Å². The molecule has 0 radical (unpaired) electrons. The van der Waals surface area contributed by atoms with Crippen LogP contribution in [0.3, 0.4) is 0 Å². The fourth-order valence-electron chi connectivity index (χ4n) is 4.74. The van der Waals surface area contributed by atoms with E-state index in [1.165, 1.54) is 34.1 Å². The third-order valence-corrected chi connectivity index (χ3v) is 7.29. The Labute approximate surface area is 202 Å². The zero-order valence-corrected chi connectivity index (χ0v) is 21.3. The topological polar surface area (TPSA) is 35.9 Å². The van der Waals surface area contributed by atoms with Gasteiger partial charge in [0.25, 0.3) is 5.91 Å². The van der Waals surface area contributed by atoms with Crippen LogP contribution in [0.5, 0.6) is 0 Å². The quantitative estimate of drug-likeness (QED) is 0.450. The van der Waals surface area contributed by atoms with Gasteiger partial charge in [-0.3, -0.25) is 9.69 Å². The number of rotatable bonds is 5. The molecule has 0 N–H and O–H groups in total. The van der Waals surface area contributed by atoms with Crippen molar-refractivity contribution in [2.75, 3.05) is 18.0 Å². The first kappa shape index (κ1) is 23.4. The molecule has 172 valence electrons. The molecule has 2 aromatic carbocycles. The van der Waals surface area contributed by atoms with E-state index in [0.29, 0.717) is 6.54 Å². The van der Waals surface area contributed by atoms with Crippen LogP contribution in [-0.2, 0) is 4.79 Å². The lowest BCUT2D eigenvalue weighted by Gasteiger charge is -2.43. The van der Waals surface area contributed by atoms with Crippen molar-refractivity contribution in [1.29, 1.82) is 0 Å². The number of para-hydroxylation sites is 1. The van der Waals surface area contributed by atoms with E-state index in [0.717, 1.165) is 34.3 Å². The van der Waals surface area contributed by atoms with Crippen LogP contribution < -0.4 is 4.90 Å². The van der Waals surface area contributed by atoms with Crippen LogP contribution in [-0.4, -0.2) is 34.6 Å². The Morgan fingerprint density at radius 1 is 1.09 bits per heavy atom. The molecular formula is C28H33N3OS. The van der Waals surface area contributed by atoms with Crippen molar-refractivity contribution in [3.63, 3.8) is 0 Å². The second kappa shape index (κ2) is 9.22. The van der Waals surface area contributed by atoms with E-state index in [2.05, 4.69) is 64.7 Å². The highest BCUT2D eigenvalue weighted by atomic mass is 32.2. The summed E-state index contributed by atoms with van der Waals surface area (Å²) in [5.74, 6) is 0.0391. The monoisotopic (exact) mass is 459 g/mol. The summed E-state index contributed by atoms with van der Waals surface area (Å²) < 4.78 is 0. The van der Waals surface area contributed by atoms with Crippen LogP contribution in [0.1, 0.15) is 57.7 Å². The number of anilines is 1. The Bertz CT molecular complexity index is 1160. The molecule has 1 fully saturated rings. The van der Waals surface area contributed by atoms with E-state index in [1.807, 2.05) is 41.3 Å². The van der Waals surface area contributed by atoms with E-state index in [-0.39, 0.29) is 11.4 Å². The van der Waals surface area contributed by atoms with Gasteiger partial charge in [-0.25, -0.2) is 4.99 Å². The Hall–Kier alpha value is -2.79. The third kappa shape index (κ3) is 4.51. The van der Waals surface area contributed by atoms with Gasteiger partial charge in [0.1, 0.15) is 0 Å². The van der Waals surface area contributed by atoms with Gasteiger partial charge in [0.05, 0.1) is 16.1 Å². The molecule has 1 amide bonds. The molecule has 0 spiro atoms. The van der Waals surface area contributed by atoms with Crippen LogP contribution in [0.2, 0.25) is 0 Å². The van der Waals surface area contributed by atoms with Crippen molar-refractivity contribution in [3.05, 3.63) is 70.1 Å². The van der Waals surface area contributed by atoms with Crippen molar-refractivity contribution in [1.82, 2.24) is 4.90 Å². The van der Waals surface area contributed by atoms with Gasteiger partial charge in [0.15, 0.2) is 5.17 Å². The normalized spacial score (nSPS) is 19.9. The van der Waals surface area contributed by atoms with E-state index in [1.54, 1.807) is 0 Å². The second-order valence-electron chi connectivity index (χ2n) is 9.25. The number of carbonyl (C=O) groups is 1. The highest BCUT2D eigenvalue weighted by molar-refractivity contribution is 8.18. The van der Waals surface area contributed by atoms with Gasteiger partial charge in [-0.15, -0.1) is 0 Å². The number of nitrogens with zero attached hydrogens (tertiary/aromatic N) is 3. The Morgan fingerprint density at radius 2 is 1.82 bits per heavy atom. The maximum atomic E-state index is 13.3. The van der Waals surface area contributed by atoms with Gasteiger partial charge < -0.3 is 4.90 Å². The number of aryl methyl sites for hydroxylation is 1. The lowest BCUT2D eigenvalue weighted by molar-refractivity contribution is -0.122. The van der Waals surface area contributed by atoms with Crippen LogP contribution in [0.25, 0.3) is 11.6 Å². The van der Waals surface area contributed by atoms with Crippen molar-refractivity contribution >= 4 is 45.9 Å². The molecule has 2 aromatic rings. The molecule has 4 rings (SSSR count). The van der Waals surface area contributed by atoms with E-state index in [9.17, 15) is 4.79 Å². The Balaban J connectivity index is 1.74. The predicted octanol–water partition coefficient (Wildman–Crippen LogP) is 7.03. The maximum absolute atomic E-state index is 13.3. The molecule has 0 aromatic heterocycles. The van der Waals surface area contributed by atoms with Crippen LogP contribution in [0, 0.1) is 6.92 Å². The molecule has 5 heteroatoms. The number of benzene rings is 2. The highest BCUT2D eigenvalue weighted by Gasteiger charge is 2.34. The van der Waals surface area contributed by atoms with E-state index < -0.39 is 0 Å². The molecular weight excluding hydrogens is 426 g/mol. The largest absolute Gasteiger partial charge is 0.363 e. The average Bonchev–Trinajstić information content (AvgIpc) is 3.04. The van der Waals surface area contributed by atoms with Gasteiger partial charge in [0.2, 0.25) is 0 Å². The zero-order valence-electron chi connectivity index (χ0n) is 20.5. The van der Waals surface area contributed by atoms with Crippen molar-refractivity contribution in [2.24, 2.45) is 4.99 Å². The van der Waals surface area contributed by atoms with Crippen LogP contribution >= 0.6 is 11.8 Å². The number of allylic oxidation sites excluding steroid dienone is 1. The first-order valence-corrected chi connectivity index (χ1v) is 12.5. The molecule has 4 nitrogen and oxygen atoms in total. The summed E-state index contributed by atoms with van der Waals surface area (Å²) in [7, 11) is 0. The first-order valence-electron chi connectivity index (χ1n) is 11.7. The van der Waals surface area contributed by atoms with Gasteiger partial charge in [0, 0.05) is 24.3 Å². The lowest BCUT2D eigenvalue weighted by Crippen LogP contribution is -2.44. The third-order valence-electron chi connectivity index (χ3n) is 6.28. The fourth-order valence-corrected chi connectivity index (χ4v) is 5.76. The number of hydrogen-bond acceptors (Lipinski definition) is 4. The summed E-state index contributed by atoms with van der Waals surface area (Å²) in [6.07, 6.45) is 5.27. The van der Waals surface area contributed by atoms with Gasteiger partial charge in [-0.1, -0.05) is 31.2 Å². The van der Waals surface area contributed by atoms with Gasteiger partial charge in [-0.2, -0.15) is 0 Å². The summed E-state index contributed by atoms with van der Waals surface area (Å²) in [6, 6.07) is 14.4. The van der Waals surface area contributed by atoms with E-state index in [4.69, 9.17) is 4.99 Å². The summed E-state index contributed by atoms with van der Waals surface area (Å²) in [5.41, 5.74) is 6.91. The van der Waals surface area contributed by atoms with Crippen molar-refractivity contribution < 1.29 is 4.79 Å². The molecule has 0 aliphatic carbocycles. The predicted molar refractivity (Wildman–Crippen MR) is 143 cm³/mol. The van der Waals surface area contributed by atoms with Crippen LogP contribution in [0.15, 0.2) is 58.4 Å². The maximum Gasteiger partial charge on any atom is 0.266 e. The molecule has 1 saturated heterocycles. The molecule has 2 aliphatic heterocycles. The number of fused-ring (bicyclic) bond motifs is 1. The minimum atomic E-state index is -0.0149. The minimum absolute atomic E-state index is 0.0149. The summed E-state index contributed by atoms with van der Waals surface area (Å²) in [4.78, 5) is 23.0. The number of carbonyl (C=O) groups excluding carboxylic acids is 1. The summed E-state index contributed by atoms with van der Waals surface area (Å²) >= 11 is 1.47. The summed E-state index contributed by atoms with van der Waals surface area (Å²) in [6.45, 7) is 14.7. The molecule has 0 saturated carbocycles.